The Morgan fingerprint density at radius 2 is 2.00 bits per heavy atom. The van der Waals surface area contributed by atoms with Crippen molar-refractivity contribution in [2.75, 3.05) is 0 Å². The number of aromatic nitrogens is 2. The van der Waals surface area contributed by atoms with Crippen LogP contribution in [0.15, 0.2) is 36.5 Å². The van der Waals surface area contributed by atoms with E-state index in [9.17, 15) is 0 Å². The molecule has 0 N–H and O–H groups in total. The van der Waals surface area contributed by atoms with Crippen LogP contribution in [-0.4, -0.2) is 9.78 Å². The van der Waals surface area contributed by atoms with E-state index in [0.717, 1.165) is 11.3 Å². The molecule has 2 heteroatoms. The van der Waals surface area contributed by atoms with Gasteiger partial charge >= 0.3 is 0 Å². The Balaban J connectivity index is 2.01. The second kappa shape index (κ2) is 3.23. The highest BCUT2D eigenvalue weighted by Gasteiger charge is 2.25. The fourth-order valence-electron chi connectivity index (χ4n) is 1.80. The Hall–Kier alpha value is -1.57. The molecule has 15 heavy (non-hydrogen) atoms. The van der Waals surface area contributed by atoms with Crippen molar-refractivity contribution < 1.29 is 0 Å². The second-order valence-electron chi connectivity index (χ2n) is 4.09. The van der Waals surface area contributed by atoms with Gasteiger partial charge in [0.15, 0.2) is 0 Å². The number of benzene rings is 1. The summed E-state index contributed by atoms with van der Waals surface area (Å²) < 4.78 is 1.93. The zero-order chi connectivity index (χ0) is 10.3. The molecular formula is C13H13N2. The predicted molar refractivity (Wildman–Crippen MR) is 60.0 cm³/mol. The summed E-state index contributed by atoms with van der Waals surface area (Å²) in [5.74, 6) is 0.711. The van der Waals surface area contributed by atoms with E-state index in [1.54, 1.807) is 0 Å². The van der Waals surface area contributed by atoms with Crippen molar-refractivity contribution in [2.24, 2.45) is 0 Å². The fourth-order valence-corrected chi connectivity index (χ4v) is 1.80. The molecule has 1 aliphatic rings. The van der Waals surface area contributed by atoms with Gasteiger partial charge in [-0.25, -0.2) is 4.68 Å². The zero-order valence-electron chi connectivity index (χ0n) is 8.56. The third-order valence-corrected chi connectivity index (χ3v) is 2.84. The third kappa shape index (κ3) is 1.56. The van der Waals surface area contributed by atoms with E-state index in [2.05, 4.69) is 18.1 Å². The highest BCUT2D eigenvalue weighted by molar-refractivity contribution is 5.42. The Labute approximate surface area is 89.5 Å². The summed E-state index contributed by atoms with van der Waals surface area (Å²) in [5, 5.41) is 4.58. The van der Waals surface area contributed by atoms with Crippen molar-refractivity contribution in [3.05, 3.63) is 54.7 Å². The predicted octanol–water partition coefficient (Wildman–Crippen LogP) is 2.93. The van der Waals surface area contributed by atoms with Gasteiger partial charge in [0.05, 0.1) is 11.4 Å². The fraction of sp³-hybridized carbons (Fsp3) is 0.231. The lowest BCUT2D eigenvalue weighted by Gasteiger charge is -2.04. The largest absolute Gasteiger partial charge is 0.240 e. The minimum absolute atomic E-state index is 0.711. The highest BCUT2D eigenvalue weighted by atomic mass is 15.3. The van der Waals surface area contributed by atoms with Gasteiger partial charge in [-0.05, 0) is 37.5 Å². The van der Waals surface area contributed by atoms with Crippen LogP contribution in [0.2, 0.25) is 0 Å². The van der Waals surface area contributed by atoms with Gasteiger partial charge in [-0.15, -0.1) is 0 Å². The SMILES string of the molecule is [CH2]c1ccccc1-n1ccc(C2CC2)n1. The first-order chi connectivity index (χ1) is 7.34. The molecule has 1 aromatic heterocycles. The van der Waals surface area contributed by atoms with E-state index < -0.39 is 0 Å². The molecule has 2 nitrogen and oxygen atoms in total. The molecule has 1 fully saturated rings. The van der Waals surface area contributed by atoms with Crippen molar-refractivity contribution in [2.45, 2.75) is 18.8 Å². The Kier molecular flexibility index (Phi) is 1.88. The summed E-state index contributed by atoms with van der Waals surface area (Å²) in [6.45, 7) is 4.01. The maximum Gasteiger partial charge on any atom is 0.0677 e. The number of para-hydroxylation sites is 1. The molecule has 0 unspecified atom stereocenters. The summed E-state index contributed by atoms with van der Waals surface area (Å²) >= 11 is 0. The maximum absolute atomic E-state index is 4.58. The van der Waals surface area contributed by atoms with Crippen LogP contribution in [0.5, 0.6) is 0 Å². The summed E-state index contributed by atoms with van der Waals surface area (Å²) in [5.41, 5.74) is 3.31. The van der Waals surface area contributed by atoms with E-state index in [1.165, 1.54) is 18.5 Å². The van der Waals surface area contributed by atoms with E-state index in [0.29, 0.717) is 5.92 Å². The van der Waals surface area contributed by atoms with Crippen LogP contribution in [0.25, 0.3) is 5.69 Å². The monoisotopic (exact) mass is 197 g/mol. The third-order valence-electron chi connectivity index (χ3n) is 2.84. The first kappa shape index (κ1) is 8.72. The Morgan fingerprint density at radius 1 is 1.20 bits per heavy atom. The summed E-state index contributed by atoms with van der Waals surface area (Å²) in [4.78, 5) is 0. The molecule has 3 rings (SSSR count). The molecule has 0 saturated heterocycles. The molecule has 1 heterocycles. The van der Waals surface area contributed by atoms with Gasteiger partial charge in [0.1, 0.15) is 0 Å². The van der Waals surface area contributed by atoms with Gasteiger partial charge in [-0.3, -0.25) is 0 Å². The summed E-state index contributed by atoms with van der Waals surface area (Å²) in [6, 6.07) is 10.2. The van der Waals surface area contributed by atoms with E-state index >= 15 is 0 Å². The molecule has 0 amide bonds. The minimum atomic E-state index is 0.711. The van der Waals surface area contributed by atoms with E-state index in [1.807, 2.05) is 35.1 Å². The van der Waals surface area contributed by atoms with Crippen LogP contribution >= 0.6 is 0 Å². The van der Waals surface area contributed by atoms with Crippen molar-refractivity contribution in [3.63, 3.8) is 0 Å². The Morgan fingerprint density at radius 3 is 2.73 bits per heavy atom. The lowest BCUT2D eigenvalue weighted by Crippen LogP contribution is -1.97. The van der Waals surface area contributed by atoms with Gasteiger partial charge in [0, 0.05) is 12.1 Å². The number of rotatable bonds is 2. The van der Waals surface area contributed by atoms with Gasteiger partial charge < -0.3 is 0 Å². The molecule has 0 bridgehead atoms. The van der Waals surface area contributed by atoms with Gasteiger partial charge in [0.2, 0.25) is 0 Å². The number of hydrogen-bond acceptors (Lipinski definition) is 1. The molecule has 0 atom stereocenters. The van der Waals surface area contributed by atoms with Crippen LogP contribution in [-0.2, 0) is 0 Å². The smallest absolute Gasteiger partial charge is 0.0677 e. The maximum atomic E-state index is 4.58. The molecule has 1 aromatic carbocycles. The molecule has 1 radical (unpaired) electrons. The van der Waals surface area contributed by atoms with Gasteiger partial charge in [-0.2, -0.15) is 5.10 Å². The van der Waals surface area contributed by atoms with E-state index in [4.69, 9.17) is 0 Å². The van der Waals surface area contributed by atoms with Crippen molar-refractivity contribution in [3.8, 4) is 5.69 Å². The molecule has 0 spiro atoms. The molecule has 1 saturated carbocycles. The zero-order valence-corrected chi connectivity index (χ0v) is 8.56. The lowest BCUT2D eigenvalue weighted by molar-refractivity contribution is 0.835. The van der Waals surface area contributed by atoms with Gasteiger partial charge in [-0.1, -0.05) is 18.2 Å². The standard InChI is InChI=1S/C13H13N2/c1-10-4-2-3-5-13(10)15-9-8-12(14-15)11-6-7-11/h2-5,8-9,11H,1,6-7H2. The normalized spacial score (nSPS) is 15.5. The quantitative estimate of drug-likeness (QED) is 0.723. The molecule has 0 aliphatic heterocycles. The Bertz CT molecular complexity index is 481. The van der Waals surface area contributed by atoms with Crippen molar-refractivity contribution in [1.29, 1.82) is 0 Å². The lowest BCUT2D eigenvalue weighted by atomic mass is 10.2. The topological polar surface area (TPSA) is 17.8 Å². The van der Waals surface area contributed by atoms with Crippen LogP contribution in [0.4, 0.5) is 0 Å². The average Bonchev–Trinajstić information content (AvgIpc) is 2.99. The molecule has 2 aromatic rings. The van der Waals surface area contributed by atoms with Crippen LogP contribution in [0.3, 0.4) is 0 Å². The summed E-state index contributed by atoms with van der Waals surface area (Å²) in [6.07, 6.45) is 4.61. The van der Waals surface area contributed by atoms with Crippen molar-refractivity contribution >= 4 is 0 Å². The minimum Gasteiger partial charge on any atom is -0.240 e. The molecule has 75 valence electrons. The number of hydrogen-bond donors (Lipinski definition) is 0. The van der Waals surface area contributed by atoms with Crippen LogP contribution in [0.1, 0.15) is 30.0 Å². The molecular weight excluding hydrogens is 184 g/mol. The molecule has 1 aliphatic carbocycles. The highest BCUT2D eigenvalue weighted by Crippen LogP contribution is 2.39. The van der Waals surface area contributed by atoms with Gasteiger partial charge in [0.25, 0.3) is 0 Å². The first-order valence-corrected chi connectivity index (χ1v) is 5.31. The average molecular weight is 197 g/mol. The first-order valence-electron chi connectivity index (χ1n) is 5.31. The van der Waals surface area contributed by atoms with Crippen LogP contribution < -0.4 is 0 Å². The second-order valence-corrected chi connectivity index (χ2v) is 4.09. The number of nitrogens with zero attached hydrogens (tertiary/aromatic N) is 2. The van der Waals surface area contributed by atoms with E-state index in [-0.39, 0.29) is 0 Å². The summed E-state index contributed by atoms with van der Waals surface area (Å²) in [7, 11) is 0. The van der Waals surface area contributed by atoms with Crippen molar-refractivity contribution in [1.82, 2.24) is 9.78 Å². The van der Waals surface area contributed by atoms with Crippen LogP contribution in [0, 0.1) is 6.92 Å².